The van der Waals surface area contributed by atoms with Gasteiger partial charge in [-0.25, -0.2) is 4.79 Å². The summed E-state index contributed by atoms with van der Waals surface area (Å²) in [6.45, 7) is 4.29. The van der Waals surface area contributed by atoms with Crippen molar-refractivity contribution in [2.75, 3.05) is 33.4 Å². The number of carboxylic acids is 1. The molecule has 0 spiro atoms. The molecule has 8 nitrogen and oxygen atoms in total. The highest BCUT2D eigenvalue weighted by Gasteiger charge is 2.48. The van der Waals surface area contributed by atoms with Crippen molar-refractivity contribution in [2.45, 2.75) is 32.2 Å². The number of fused-ring (bicyclic) bond motifs is 3. The number of ether oxygens (including phenoxy) is 2. The second kappa shape index (κ2) is 10.1. The van der Waals surface area contributed by atoms with Crippen molar-refractivity contribution >= 4 is 18.0 Å². The number of carbonyl (C=O) groups excluding carboxylic acids is 2. The molecule has 1 aliphatic heterocycles. The molecule has 0 saturated carbocycles. The number of alkyl carbamates (subject to hydrolysis) is 1. The number of nitrogens with one attached hydrogen (secondary N) is 1. The van der Waals surface area contributed by atoms with Crippen LogP contribution in [0.5, 0.6) is 0 Å². The van der Waals surface area contributed by atoms with Crippen LogP contribution in [0.3, 0.4) is 0 Å². The molecular formula is C27H32N2O6. The van der Waals surface area contributed by atoms with Gasteiger partial charge in [-0.2, -0.15) is 0 Å². The zero-order valence-corrected chi connectivity index (χ0v) is 20.3. The Morgan fingerprint density at radius 2 is 1.71 bits per heavy atom. The molecule has 35 heavy (non-hydrogen) atoms. The summed E-state index contributed by atoms with van der Waals surface area (Å²) in [6.07, 6.45) is -0.427. The van der Waals surface area contributed by atoms with E-state index < -0.39 is 23.5 Å². The van der Waals surface area contributed by atoms with Gasteiger partial charge in [0.25, 0.3) is 0 Å². The number of nitrogens with zero attached hydrogens (tertiary/aromatic N) is 1. The van der Waals surface area contributed by atoms with Crippen LogP contribution in [0.2, 0.25) is 0 Å². The van der Waals surface area contributed by atoms with Crippen molar-refractivity contribution < 1.29 is 29.0 Å². The minimum Gasteiger partial charge on any atom is -0.481 e. The average Bonchev–Trinajstić information content (AvgIpc) is 3.34. The van der Waals surface area contributed by atoms with E-state index in [1.54, 1.807) is 6.92 Å². The Morgan fingerprint density at radius 1 is 1.11 bits per heavy atom. The first-order valence-corrected chi connectivity index (χ1v) is 11.9. The predicted octanol–water partition coefficient (Wildman–Crippen LogP) is 3.50. The van der Waals surface area contributed by atoms with Gasteiger partial charge in [0.1, 0.15) is 12.6 Å². The van der Waals surface area contributed by atoms with Crippen LogP contribution in [0.1, 0.15) is 37.3 Å². The van der Waals surface area contributed by atoms with Gasteiger partial charge in [-0.3, -0.25) is 9.59 Å². The molecule has 1 heterocycles. The Bertz CT molecular complexity index is 1070. The van der Waals surface area contributed by atoms with E-state index >= 15 is 0 Å². The second-order valence-electron chi connectivity index (χ2n) is 9.65. The summed E-state index contributed by atoms with van der Waals surface area (Å²) < 4.78 is 10.7. The highest BCUT2D eigenvalue weighted by atomic mass is 16.5. The number of likely N-dealkylation sites (tertiary alicyclic amines) is 1. The van der Waals surface area contributed by atoms with Gasteiger partial charge >= 0.3 is 12.1 Å². The summed E-state index contributed by atoms with van der Waals surface area (Å²) >= 11 is 0. The summed E-state index contributed by atoms with van der Waals surface area (Å²) in [5.41, 5.74) is 3.45. The van der Waals surface area contributed by atoms with Gasteiger partial charge in [-0.05, 0) is 35.1 Å². The zero-order valence-electron chi connectivity index (χ0n) is 20.3. The number of aliphatic carboxylic acids is 1. The molecule has 2 amide bonds. The normalized spacial score (nSPS) is 21.8. The second-order valence-corrected chi connectivity index (χ2v) is 9.65. The topological polar surface area (TPSA) is 105 Å². The molecule has 4 rings (SSSR count). The van der Waals surface area contributed by atoms with Crippen LogP contribution in [0.15, 0.2) is 48.5 Å². The highest BCUT2D eigenvalue weighted by molar-refractivity contribution is 5.87. The Labute approximate surface area is 205 Å². The predicted molar refractivity (Wildman–Crippen MR) is 130 cm³/mol. The van der Waals surface area contributed by atoms with Gasteiger partial charge in [-0.1, -0.05) is 55.5 Å². The lowest BCUT2D eigenvalue weighted by Crippen LogP contribution is -2.49. The fourth-order valence-electron chi connectivity index (χ4n) is 5.09. The number of hydrogen-bond acceptors (Lipinski definition) is 5. The number of hydrogen-bond donors (Lipinski definition) is 2. The van der Waals surface area contributed by atoms with Crippen LogP contribution in [-0.2, 0) is 19.1 Å². The molecule has 3 atom stereocenters. The van der Waals surface area contributed by atoms with E-state index in [0.29, 0.717) is 6.54 Å². The Morgan fingerprint density at radius 3 is 2.26 bits per heavy atom. The standard InChI is InChI=1S/C27H32N2O6/c1-17-14-29(16-27(17,2)25(31)32)24(30)23(12-13-34-3)28-26(33)35-15-22-20-10-6-4-8-18(20)19-9-5-7-11-21(19)22/h4-11,17,22-23H,12-16H2,1-3H3,(H,28,33)(H,31,32)/t17-,23?,27-/m0/s1. The SMILES string of the molecule is COCCC(NC(=O)OCC1c2ccccc2-c2ccccc21)C(=O)N1C[C@H](C)[C@@](C)(C(=O)O)C1. The first-order valence-electron chi connectivity index (χ1n) is 11.9. The maximum Gasteiger partial charge on any atom is 0.407 e. The monoisotopic (exact) mass is 480 g/mol. The third-order valence-electron chi connectivity index (χ3n) is 7.45. The summed E-state index contributed by atoms with van der Waals surface area (Å²) in [6, 6.07) is 15.3. The van der Waals surface area contributed by atoms with Gasteiger partial charge in [-0.15, -0.1) is 0 Å². The van der Waals surface area contributed by atoms with E-state index in [-0.39, 0.29) is 43.9 Å². The lowest BCUT2D eigenvalue weighted by Gasteiger charge is -2.26. The van der Waals surface area contributed by atoms with Crippen molar-refractivity contribution in [3.05, 3.63) is 59.7 Å². The summed E-state index contributed by atoms with van der Waals surface area (Å²) in [7, 11) is 1.52. The molecule has 1 fully saturated rings. The van der Waals surface area contributed by atoms with Crippen LogP contribution in [0, 0.1) is 11.3 Å². The molecule has 8 heteroatoms. The summed E-state index contributed by atoms with van der Waals surface area (Å²) in [5, 5.41) is 12.3. The molecule has 1 unspecified atom stereocenters. The summed E-state index contributed by atoms with van der Waals surface area (Å²) in [5.74, 6) is -1.55. The van der Waals surface area contributed by atoms with E-state index in [0.717, 1.165) is 22.3 Å². The van der Waals surface area contributed by atoms with Crippen molar-refractivity contribution in [3.8, 4) is 11.1 Å². The Kier molecular flexibility index (Phi) is 7.12. The molecule has 1 saturated heterocycles. The molecule has 2 aliphatic rings. The molecule has 0 bridgehead atoms. The lowest BCUT2D eigenvalue weighted by atomic mass is 9.81. The van der Waals surface area contributed by atoms with Gasteiger partial charge < -0.3 is 24.8 Å². The van der Waals surface area contributed by atoms with Crippen LogP contribution < -0.4 is 5.32 Å². The lowest BCUT2D eigenvalue weighted by molar-refractivity contribution is -0.149. The molecule has 186 valence electrons. The van der Waals surface area contributed by atoms with Crippen molar-refractivity contribution in [2.24, 2.45) is 11.3 Å². The van der Waals surface area contributed by atoms with Crippen molar-refractivity contribution in [1.29, 1.82) is 0 Å². The summed E-state index contributed by atoms with van der Waals surface area (Å²) in [4.78, 5) is 39.3. The highest BCUT2D eigenvalue weighted by Crippen LogP contribution is 2.44. The molecular weight excluding hydrogens is 448 g/mol. The van der Waals surface area contributed by atoms with E-state index in [2.05, 4.69) is 17.4 Å². The first-order chi connectivity index (χ1) is 16.8. The molecule has 2 N–H and O–H groups in total. The van der Waals surface area contributed by atoms with E-state index in [1.807, 2.05) is 43.3 Å². The third kappa shape index (κ3) is 4.75. The number of carbonyl (C=O) groups is 3. The number of methoxy groups -OCH3 is 1. The minimum absolute atomic E-state index is 0.0861. The van der Waals surface area contributed by atoms with Crippen molar-refractivity contribution in [1.82, 2.24) is 10.2 Å². The molecule has 2 aromatic carbocycles. The number of amides is 2. The minimum atomic E-state index is -1.02. The molecule has 0 aromatic heterocycles. The van der Waals surface area contributed by atoms with Crippen LogP contribution in [0.25, 0.3) is 11.1 Å². The average molecular weight is 481 g/mol. The molecule has 0 radical (unpaired) electrons. The van der Waals surface area contributed by atoms with Crippen LogP contribution in [-0.4, -0.2) is 67.4 Å². The smallest absolute Gasteiger partial charge is 0.407 e. The van der Waals surface area contributed by atoms with Gasteiger partial charge in [0, 0.05) is 39.1 Å². The largest absolute Gasteiger partial charge is 0.481 e. The fourth-order valence-corrected chi connectivity index (χ4v) is 5.09. The Balaban J connectivity index is 1.43. The maximum atomic E-state index is 13.2. The Hall–Kier alpha value is -3.39. The maximum absolute atomic E-state index is 13.2. The molecule has 2 aromatic rings. The van der Waals surface area contributed by atoms with E-state index in [1.165, 1.54) is 12.0 Å². The van der Waals surface area contributed by atoms with Gasteiger partial charge in [0.15, 0.2) is 0 Å². The quantitative estimate of drug-likeness (QED) is 0.599. The van der Waals surface area contributed by atoms with Gasteiger partial charge in [0.05, 0.1) is 5.41 Å². The van der Waals surface area contributed by atoms with Crippen molar-refractivity contribution in [3.63, 3.8) is 0 Å². The fraction of sp³-hybridized carbons (Fsp3) is 0.444. The van der Waals surface area contributed by atoms with Crippen LogP contribution >= 0.6 is 0 Å². The number of carboxylic acid groups (broad SMARTS) is 1. The van der Waals surface area contributed by atoms with Gasteiger partial charge in [0.2, 0.25) is 5.91 Å². The van der Waals surface area contributed by atoms with Crippen LogP contribution in [0.4, 0.5) is 4.79 Å². The molecule has 1 aliphatic carbocycles. The first kappa shape index (κ1) is 24.7. The number of rotatable bonds is 8. The zero-order chi connectivity index (χ0) is 25.2. The number of benzene rings is 2. The third-order valence-corrected chi connectivity index (χ3v) is 7.45. The van der Waals surface area contributed by atoms with E-state index in [4.69, 9.17) is 9.47 Å². The van der Waals surface area contributed by atoms with E-state index in [9.17, 15) is 19.5 Å².